The van der Waals surface area contributed by atoms with Gasteiger partial charge >= 0.3 is 0 Å². The predicted octanol–water partition coefficient (Wildman–Crippen LogP) is 1.45. The molecule has 2 aliphatic rings. The average molecular weight is 419 g/mol. The number of aliphatic imine (C=N–C) groups is 1. The number of rotatable bonds is 2. The van der Waals surface area contributed by atoms with Crippen LogP contribution in [0.5, 0.6) is 0 Å². The number of ether oxygens (including phenoxy) is 1. The highest BCUT2D eigenvalue weighted by molar-refractivity contribution is 14.0. The van der Waals surface area contributed by atoms with Crippen molar-refractivity contribution in [3.63, 3.8) is 0 Å². The molecule has 1 fully saturated rings. The van der Waals surface area contributed by atoms with Crippen LogP contribution in [0.1, 0.15) is 36.7 Å². The number of hydrogen-bond donors (Lipinski definition) is 1. The van der Waals surface area contributed by atoms with Crippen LogP contribution in [-0.4, -0.2) is 46.4 Å². The minimum absolute atomic E-state index is 0. The molecule has 0 radical (unpaired) electrons. The first-order chi connectivity index (χ1) is 10.1. The summed E-state index contributed by atoms with van der Waals surface area (Å²) in [5, 5.41) is 4.63. The van der Waals surface area contributed by atoms with E-state index in [4.69, 9.17) is 10.5 Å². The molecule has 6 nitrogen and oxygen atoms in total. The van der Waals surface area contributed by atoms with Crippen molar-refractivity contribution in [2.45, 2.75) is 45.3 Å². The van der Waals surface area contributed by atoms with Gasteiger partial charge in [-0.05, 0) is 38.2 Å². The number of hydrogen-bond acceptors (Lipinski definition) is 3. The zero-order valence-corrected chi connectivity index (χ0v) is 15.7. The number of aromatic nitrogens is 2. The lowest BCUT2D eigenvalue weighted by molar-refractivity contribution is 0.00528. The minimum atomic E-state index is 0. The Kier molecular flexibility index (Phi) is 6.08. The van der Waals surface area contributed by atoms with Crippen molar-refractivity contribution in [3.05, 3.63) is 17.0 Å². The average Bonchev–Trinajstić information content (AvgIpc) is 2.80. The van der Waals surface area contributed by atoms with E-state index >= 15 is 0 Å². The van der Waals surface area contributed by atoms with Crippen LogP contribution >= 0.6 is 24.0 Å². The van der Waals surface area contributed by atoms with E-state index in [0.717, 1.165) is 32.5 Å². The van der Waals surface area contributed by atoms with Gasteiger partial charge in [-0.2, -0.15) is 5.10 Å². The highest BCUT2D eigenvalue weighted by atomic mass is 127. The fourth-order valence-corrected chi connectivity index (χ4v) is 3.23. The fourth-order valence-electron chi connectivity index (χ4n) is 3.23. The van der Waals surface area contributed by atoms with Gasteiger partial charge in [0.15, 0.2) is 5.96 Å². The SMILES string of the molecule is CC1CN(C(N)=NCc2c3c(nn2C)CCCC3)CCO1.I. The second kappa shape index (κ2) is 7.63. The van der Waals surface area contributed by atoms with Crippen LogP contribution in [0.3, 0.4) is 0 Å². The molecule has 0 amide bonds. The van der Waals surface area contributed by atoms with Crippen molar-refractivity contribution in [1.29, 1.82) is 0 Å². The zero-order chi connectivity index (χ0) is 14.8. The Morgan fingerprint density at radius 1 is 1.41 bits per heavy atom. The molecule has 22 heavy (non-hydrogen) atoms. The van der Waals surface area contributed by atoms with Gasteiger partial charge in [0.1, 0.15) is 0 Å². The number of fused-ring (bicyclic) bond motifs is 1. The maximum absolute atomic E-state index is 6.14. The number of halogens is 1. The largest absolute Gasteiger partial charge is 0.375 e. The Bertz CT molecular complexity index is 542. The van der Waals surface area contributed by atoms with E-state index in [1.165, 1.54) is 29.8 Å². The fraction of sp³-hybridized carbons (Fsp3) is 0.733. The molecule has 2 heterocycles. The smallest absolute Gasteiger partial charge is 0.191 e. The predicted molar refractivity (Wildman–Crippen MR) is 97.6 cm³/mol. The quantitative estimate of drug-likeness (QED) is 0.448. The van der Waals surface area contributed by atoms with Gasteiger partial charge < -0.3 is 15.4 Å². The second-order valence-corrected chi connectivity index (χ2v) is 6.00. The van der Waals surface area contributed by atoms with Crippen LogP contribution < -0.4 is 5.73 Å². The summed E-state index contributed by atoms with van der Waals surface area (Å²) in [5.74, 6) is 0.621. The molecule has 1 aliphatic heterocycles. The number of aryl methyl sites for hydroxylation is 2. The summed E-state index contributed by atoms with van der Waals surface area (Å²) in [4.78, 5) is 6.71. The first-order valence-electron chi connectivity index (χ1n) is 7.85. The monoisotopic (exact) mass is 419 g/mol. The molecule has 0 aromatic carbocycles. The molecule has 1 aromatic heterocycles. The summed E-state index contributed by atoms with van der Waals surface area (Å²) < 4.78 is 7.52. The molecule has 7 heteroatoms. The van der Waals surface area contributed by atoms with Crippen molar-refractivity contribution in [2.24, 2.45) is 17.8 Å². The number of nitrogens with two attached hydrogens (primary N) is 1. The van der Waals surface area contributed by atoms with Gasteiger partial charge in [-0.25, -0.2) is 4.99 Å². The topological polar surface area (TPSA) is 68.7 Å². The lowest BCUT2D eigenvalue weighted by Gasteiger charge is -2.31. The lowest BCUT2D eigenvalue weighted by Crippen LogP contribution is -2.47. The van der Waals surface area contributed by atoms with Crippen LogP contribution in [-0.2, 0) is 31.2 Å². The summed E-state index contributed by atoms with van der Waals surface area (Å²) in [7, 11) is 2.01. The summed E-state index contributed by atoms with van der Waals surface area (Å²) in [6.45, 7) is 5.05. The first-order valence-corrected chi connectivity index (χ1v) is 7.85. The van der Waals surface area contributed by atoms with Crippen LogP contribution in [0.4, 0.5) is 0 Å². The van der Waals surface area contributed by atoms with E-state index in [-0.39, 0.29) is 30.1 Å². The molecule has 1 aliphatic carbocycles. The Morgan fingerprint density at radius 2 is 2.18 bits per heavy atom. The number of nitrogens with zero attached hydrogens (tertiary/aromatic N) is 4. The summed E-state index contributed by atoms with van der Waals surface area (Å²) >= 11 is 0. The third kappa shape index (κ3) is 3.73. The van der Waals surface area contributed by atoms with Crippen molar-refractivity contribution in [1.82, 2.24) is 14.7 Å². The van der Waals surface area contributed by atoms with E-state index in [9.17, 15) is 0 Å². The molecule has 1 aromatic rings. The van der Waals surface area contributed by atoms with Gasteiger partial charge in [0.2, 0.25) is 0 Å². The molecular formula is C15H26IN5O. The normalized spacial score (nSPS) is 22.2. The molecule has 1 atom stereocenters. The van der Waals surface area contributed by atoms with Gasteiger partial charge in [-0.1, -0.05) is 0 Å². The molecule has 2 N–H and O–H groups in total. The Morgan fingerprint density at radius 3 is 2.95 bits per heavy atom. The van der Waals surface area contributed by atoms with Gasteiger partial charge in [-0.3, -0.25) is 4.68 Å². The van der Waals surface area contributed by atoms with Gasteiger partial charge in [0.05, 0.1) is 30.6 Å². The van der Waals surface area contributed by atoms with Crippen molar-refractivity contribution in [3.8, 4) is 0 Å². The summed E-state index contributed by atoms with van der Waals surface area (Å²) in [6.07, 6.45) is 4.95. The highest BCUT2D eigenvalue weighted by Gasteiger charge is 2.20. The third-order valence-electron chi connectivity index (χ3n) is 4.40. The molecule has 0 saturated carbocycles. The first kappa shape index (κ1) is 17.5. The van der Waals surface area contributed by atoms with Crippen molar-refractivity contribution >= 4 is 29.9 Å². The maximum Gasteiger partial charge on any atom is 0.191 e. The van der Waals surface area contributed by atoms with Crippen LogP contribution in [0.25, 0.3) is 0 Å². The Hall–Kier alpha value is -0.830. The maximum atomic E-state index is 6.14. The third-order valence-corrected chi connectivity index (χ3v) is 4.40. The molecule has 0 bridgehead atoms. The van der Waals surface area contributed by atoms with Crippen LogP contribution in [0.15, 0.2) is 4.99 Å². The van der Waals surface area contributed by atoms with Crippen molar-refractivity contribution < 1.29 is 4.74 Å². The molecule has 1 unspecified atom stereocenters. The van der Waals surface area contributed by atoms with Gasteiger partial charge in [0.25, 0.3) is 0 Å². The van der Waals surface area contributed by atoms with E-state index in [0.29, 0.717) is 12.5 Å². The minimum Gasteiger partial charge on any atom is -0.375 e. The summed E-state index contributed by atoms with van der Waals surface area (Å²) in [6, 6.07) is 0. The molecule has 124 valence electrons. The lowest BCUT2D eigenvalue weighted by atomic mass is 9.96. The van der Waals surface area contributed by atoms with Crippen LogP contribution in [0.2, 0.25) is 0 Å². The van der Waals surface area contributed by atoms with Gasteiger partial charge in [-0.15, -0.1) is 24.0 Å². The zero-order valence-electron chi connectivity index (χ0n) is 13.4. The van der Waals surface area contributed by atoms with E-state index in [2.05, 4.69) is 21.9 Å². The highest BCUT2D eigenvalue weighted by Crippen LogP contribution is 2.24. The molecule has 1 saturated heterocycles. The summed E-state index contributed by atoms with van der Waals surface area (Å²) in [5.41, 5.74) is 10.0. The Balaban J connectivity index is 0.00000176. The van der Waals surface area contributed by atoms with Crippen LogP contribution in [0, 0.1) is 0 Å². The van der Waals surface area contributed by atoms with E-state index < -0.39 is 0 Å². The van der Waals surface area contributed by atoms with Crippen molar-refractivity contribution in [2.75, 3.05) is 19.7 Å². The molecule has 0 spiro atoms. The standard InChI is InChI=1S/C15H25N5O.HI/c1-11-10-20(7-8-21-11)15(16)17-9-14-12-5-3-4-6-13(12)18-19(14)2;/h11H,3-10H2,1-2H3,(H2,16,17);1H. The van der Waals surface area contributed by atoms with E-state index in [1.807, 2.05) is 11.7 Å². The number of morpholine rings is 1. The van der Waals surface area contributed by atoms with Gasteiger partial charge in [0, 0.05) is 20.1 Å². The van der Waals surface area contributed by atoms with E-state index in [1.54, 1.807) is 0 Å². The molecule has 3 rings (SSSR count). The Labute approximate surface area is 149 Å². The molecular weight excluding hydrogens is 393 g/mol. The number of guanidine groups is 1. The second-order valence-electron chi connectivity index (χ2n) is 6.00.